The summed E-state index contributed by atoms with van der Waals surface area (Å²) in [4.78, 5) is 17.4. The number of rotatable bonds is 4. The van der Waals surface area contributed by atoms with Crippen molar-refractivity contribution in [2.45, 2.75) is 13.1 Å². The molecule has 0 aliphatic carbocycles. The van der Waals surface area contributed by atoms with E-state index in [2.05, 4.69) is 15.6 Å². The minimum absolute atomic E-state index is 0.175. The second-order valence-corrected chi connectivity index (χ2v) is 5.67. The van der Waals surface area contributed by atoms with E-state index >= 15 is 0 Å². The molecule has 1 aromatic heterocycles. The summed E-state index contributed by atoms with van der Waals surface area (Å²) < 4.78 is 5.09. The number of thiazole rings is 1. The van der Waals surface area contributed by atoms with Crippen LogP contribution in [0.15, 0.2) is 30.3 Å². The molecule has 0 bridgehead atoms. The number of nitrogens with one attached hydrogen (secondary N) is 2. The van der Waals surface area contributed by atoms with Crippen molar-refractivity contribution in [3.05, 3.63) is 46.5 Å². The Morgan fingerprint density at radius 3 is 2.90 bits per heavy atom. The Kier molecular flexibility index (Phi) is 3.98. The maximum atomic E-state index is 11.9. The molecule has 0 radical (unpaired) electrons. The molecule has 108 valence electrons. The van der Waals surface area contributed by atoms with Crippen LogP contribution in [0.4, 0.5) is 5.13 Å². The third-order valence-corrected chi connectivity index (χ3v) is 4.14. The average molecular weight is 301 g/mol. The molecule has 0 fully saturated rings. The van der Waals surface area contributed by atoms with Crippen molar-refractivity contribution < 1.29 is 9.53 Å². The molecular weight excluding hydrogens is 286 g/mol. The number of anilines is 1. The molecule has 1 aromatic carbocycles. The van der Waals surface area contributed by atoms with E-state index in [1.807, 2.05) is 24.3 Å². The van der Waals surface area contributed by atoms with Gasteiger partial charge in [0.2, 0.25) is 5.91 Å². The number of aromatic nitrogens is 1. The summed E-state index contributed by atoms with van der Waals surface area (Å²) in [5.74, 6) is 0.619. The van der Waals surface area contributed by atoms with Gasteiger partial charge >= 0.3 is 0 Å². The number of ether oxygens (including phenoxy) is 1. The van der Waals surface area contributed by atoms with Crippen molar-refractivity contribution in [3.63, 3.8) is 0 Å². The van der Waals surface area contributed by atoms with E-state index in [4.69, 9.17) is 4.74 Å². The maximum Gasteiger partial charge on any atom is 0.250 e. The average Bonchev–Trinajstić information content (AvgIpc) is 3.07. The predicted molar refractivity (Wildman–Crippen MR) is 83.3 cm³/mol. The Labute approximate surface area is 126 Å². The zero-order valence-electron chi connectivity index (χ0n) is 11.6. The van der Waals surface area contributed by atoms with E-state index in [9.17, 15) is 4.79 Å². The molecule has 0 unspecified atom stereocenters. The van der Waals surface area contributed by atoms with E-state index in [0.717, 1.165) is 30.1 Å². The molecule has 0 spiro atoms. The second kappa shape index (κ2) is 6.07. The minimum atomic E-state index is -0.175. The van der Waals surface area contributed by atoms with Crippen LogP contribution in [0.1, 0.15) is 16.1 Å². The van der Waals surface area contributed by atoms with Crippen LogP contribution in [0.2, 0.25) is 0 Å². The zero-order valence-corrected chi connectivity index (χ0v) is 12.4. The molecule has 1 amide bonds. The number of fused-ring (bicyclic) bond motifs is 1. The number of methoxy groups -OCH3 is 1. The normalized spacial score (nSPS) is 13.4. The van der Waals surface area contributed by atoms with Gasteiger partial charge in [0, 0.05) is 24.0 Å². The second-order valence-electron chi connectivity index (χ2n) is 4.59. The molecular formula is C15H15N3O2S. The molecule has 2 aromatic rings. The van der Waals surface area contributed by atoms with Gasteiger partial charge in [-0.25, -0.2) is 4.98 Å². The lowest BCUT2D eigenvalue weighted by Crippen LogP contribution is -2.08. The van der Waals surface area contributed by atoms with Gasteiger partial charge in [-0.2, -0.15) is 0 Å². The number of nitrogens with zero attached hydrogens (tertiary/aromatic N) is 1. The summed E-state index contributed by atoms with van der Waals surface area (Å²) in [5.41, 5.74) is 1.98. The first-order valence-corrected chi connectivity index (χ1v) is 7.38. The first-order valence-electron chi connectivity index (χ1n) is 6.57. The Morgan fingerprint density at radius 2 is 2.19 bits per heavy atom. The first kappa shape index (κ1) is 13.8. The fourth-order valence-electron chi connectivity index (χ4n) is 2.04. The van der Waals surface area contributed by atoms with Crippen LogP contribution in [0, 0.1) is 0 Å². The molecule has 6 heteroatoms. The number of amides is 1. The molecule has 1 aliphatic heterocycles. The van der Waals surface area contributed by atoms with E-state index < -0.39 is 0 Å². The Balaban J connectivity index is 1.61. The van der Waals surface area contributed by atoms with E-state index in [0.29, 0.717) is 5.13 Å². The highest BCUT2D eigenvalue weighted by Crippen LogP contribution is 2.26. The Bertz CT molecular complexity index is 655. The number of hydrogen-bond acceptors (Lipinski definition) is 5. The molecule has 0 atom stereocenters. The van der Waals surface area contributed by atoms with Crippen molar-refractivity contribution in [1.82, 2.24) is 10.3 Å². The zero-order chi connectivity index (χ0) is 14.7. The van der Waals surface area contributed by atoms with Gasteiger partial charge in [0.25, 0.3) is 0 Å². The van der Waals surface area contributed by atoms with E-state index in [1.165, 1.54) is 22.3 Å². The predicted octanol–water partition coefficient (Wildman–Crippen LogP) is 2.41. The fraction of sp³-hybridized carbons (Fsp3) is 0.200. The van der Waals surface area contributed by atoms with Crippen molar-refractivity contribution in [1.29, 1.82) is 0 Å². The van der Waals surface area contributed by atoms with Gasteiger partial charge in [-0.3, -0.25) is 10.1 Å². The lowest BCUT2D eigenvalue weighted by Gasteiger charge is -1.99. The van der Waals surface area contributed by atoms with Crippen LogP contribution in [0.25, 0.3) is 6.08 Å². The number of hydrogen-bond donors (Lipinski definition) is 2. The lowest BCUT2D eigenvalue weighted by atomic mass is 10.2. The Morgan fingerprint density at radius 1 is 1.38 bits per heavy atom. The van der Waals surface area contributed by atoms with Crippen LogP contribution in [0.3, 0.4) is 0 Å². The molecule has 0 saturated heterocycles. The monoisotopic (exact) mass is 301 g/mol. The molecule has 2 N–H and O–H groups in total. The third-order valence-electron chi connectivity index (χ3n) is 3.13. The molecule has 0 saturated carbocycles. The van der Waals surface area contributed by atoms with Gasteiger partial charge < -0.3 is 10.1 Å². The quantitative estimate of drug-likeness (QED) is 0.851. The standard InChI is InChI=1S/C15H15N3O2S/c1-20-11-5-2-10(3-6-11)4-7-14(19)18-15-17-12-8-16-9-13(12)21-15/h2-7,16H,8-9H2,1H3,(H,17,18,19)/b7-4+. The van der Waals surface area contributed by atoms with Crippen molar-refractivity contribution in [2.75, 3.05) is 12.4 Å². The minimum Gasteiger partial charge on any atom is -0.497 e. The summed E-state index contributed by atoms with van der Waals surface area (Å²) in [7, 11) is 1.62. The first-order chi connectivity index (χ1) is 10.2. The smallest absolute Gasteiger partial charge is 0.250 e. The summed E-state index contributed by atoms with van der Waals surface area (Å²) in [6.07, 6.45) is 3.27. The van der Waals surface area contributed by atoms with Crippen LogP contribution in [-0.4, -0.2) is 18.0 Å². The van der Waals surface area contributed by atoms with Crippen molar-refractivity contribution >= 4 is 28.5 Å². The highest BCUT2D eigenvalue weighted by atomic mass is 32.1. The lowest BCUT2D eigenvalue weighted by molar-refractivity contribution is -0.111. The van der Waals surface area contributed by atoms with Gasteiger partial charge in [0.05, 0.1) is 12.8 Å². The number of carbonyl (C=O) groups is 1. The summed E-state index contributed by atoms with van der Waals surface area (Å²) in [5, 5.41) is 6.67. The van der Waals surface area contributed by atoms with Gasteiger partial charge in [0.15, 0.2) is 5.13 Å². The number of benzene rings is 1. The molecule has 2 heterocycles. The van der Waals surface area contributed by atoms with Crippen LogP contribution in [0.5, 0.6) is 5.75 Å². The summed E-state index contributed by atoms with van der Waals surface area (Å²) in [6.45, 7) is 1.62. The van der Waals surface area contributed by atoms with Crippen LogP contribution in [-0.2, 0) is 17.9 Å². The largest absolute Gasteiger partial charge is 0.497 e. The Hall–Kier alpha value is -2.18. The molecule has 3 rings (SSSR count). The van der Waals surface area contributed by atoms with Gasteiger partial charge in [-0.1, -0.05) is 12.1 Å². The summed E-state index contributed by atoms with van der Waals surface area (Å²) >= 11 is 1.52. The molecule has 5 nitrogen and oxygen atoms in total. The highest BCUT2D eigenvalue weighted by molar-refractivity contribution is 7.15. The van der Waals surface area contributed by atoms with Crippen LogP contribution >= 0.6 is 11.3 Å². The van der Waals surface area contributed by atoms with Crippen LogP contribution < -0.4 is 15.4 Å². The fourth-order valence-corrected chi connectivity index (χ4v) is 2.99. The topological polar surface area (TPSA) is 63.2 Å². The van der Waals surface area contributed by atoms with E-state index in [1.54, 1.807) is 13.2 Å². The molecule has 21 heavy (non-hydrogen) atoms. The van der Waals surface area contributed by atoms with E-state index in [-0.39, 0.29) is 5.91 Å². The van der Waals surface area contributed by atoms with Gasteiger partial charge in [0.1, 0.15) is 5.75 Å². The van der Waals surface area contributed by atoms with Gasteiger partial charge in [-0.15, -0.1) is 11.3 Å². The highest BCUT2D eigenvalue weighted by Gasteiger charge is 2.16. The van der Waals surface area contributed by atoms with Gasteiger partial charge in [-0.05, 0) is 23.8 Å². The summed E-state index contributed by atoms with van der Waals surface area (Å²) in [6, 6.07) is 7.50. The van der Waals surface area contributed by atoms with Crippen molar-refractivity contribution in [3.8, 4) is 5.75 Å². The SMILES string of the molecule is COc1ccc(/C=C/C(=O)Nc2nc3c(s2)CNC3)cc1. The third kappa shape index (κ3) is 3.29. The molecule has 1 aliphatic rings. The number of carbonyl (C=O) groups excluding carboxylic acids is 1. The van der Waals surface area contributed by atoms with Crippen molar-refractivity contribution in [2.24, 2.45) is 0 Å². The maximum absolute atomic E-state index is 11.9.